The zero-order valence-electron chi connectivity index (χ0n) is 23.0. The third-order valence-electron chi connectivity index (χ3n) is 9.52. The molecular weight excluding hydrogens is 494 g/mol. The monoisotopic (exact) mass is 523 g/mol. The second-order valence-corrected chi connectivity index (χ2v) is 12.5. The number of benzene rings is 4. The first kappa shape index (κ1) is 23.4. The maximum atomic E-state index is 13.5. The predicted octanol–water partition coefficient (Wildman–Crippen LogP) is 8.42. The maximum Gasteiger partial charge on any atom is 0.208 e. The average molecular weight is 524 g/mol. The van der Waals surface area contributed by atoms with Crippen molar-refractivity contribution in [2.45, 2.75) is 44.9 Å². The summed E-state index contributed by atoms with van der Waals surface area (Å²) in [5.41, 5.74) is 7.68. The van der Waals surface area contributed by atoms with Crippen LogP contribution in [-0.2, 0) is 17.3 Å². The van der Waals surface area contributed by atoms with Crippen LogP contribution in [0.3, 0.4) is 0 Å². The molecule has 2 aliphatic heterocycles. The minimum atomic E-state index is -0.770. The number of rotatable bonds is 2. The summed E-state index contributed by atoms with van der Waals surface area (Å²) in [6, 6.07) is 28.8. The summed E-state index contributed by atoms with van der Waals surface area (Å²) >= 11 is 0. The Hall–Kier alpha value is -4.44. The van der Waals surface area contributed by atoms with Crippen LogP contribution in [0.2, 0.25) is 0 Å². The van der Waals surface area contributed by atoms with Crippen molar-refractivity contribution in [3.8, 4) is 0 Å². The molecule has 0 atom stereocenters. The van der Waals surface area contributed by atoms with Crippen molar-refractivity contribution in [2.24, 2.45) is 5.92 Å². The standard InChI is InChI=1S/C36H29NO3/c1-35(2)26-12-7-8-15-30(26)37-31-27(35)13-9-14-28(31)36(3,4)29-19-22(40-34(29)37)18-25-32(38)23-16-20-10-5-6-11-21(20)17-24(23)33(25)39/h5-17,19,25H,18H2,1-4H3. The molecule has 5 aromatic rings. The predicted molar refractivity (Wildman–Crippen MR) is 157 cm³/mol. The van der Waals surface area contributed by atoms with E-state index < -0.39 is 5.92 Å². The molecule has 3 heterocycles. The van der Waals surface area contributed by atoms with Gasteiger partial charge in [0, 0.05) is 33.9 Å². The molecule has 0 saturated heterocycles. The fourth-order valence-electron chi connectivity index (χ4n) is 7.29. The molecule has 3 aliphatic rings. The molecule has 1 aliphatic carbocycles. The van der Waals surface area contributed by atoms with E-state index in [9.17, 15) is 9.59 Å². The van der Waals surface area contributed by atoms with Crippen LogP contribution in [0.5, 0.6) is 0 Å². The summed E-state index contributed by atoms with van der Waals surface area (Å²) < 4.78 is 6.67. The topological polar surface area (TPSA) is 50.5 Å². The zero-order chi connectivity index (χ0) is 27.6. The first-order valence-electron chi connectivity index (χ1n) is 14.0. The third kappa shape index (κ3) is 2.86. The summed E-state index contributed by atoms with van der Waals surface area (Å²) in [4.78, 5) is 29.3. The van der Waals surface area contributed by atoms with Crippen LogP contribution in [0, 0.1) is 5.92 Å². The van der Waals surface area contributed by atoms with Gasteiger partial charge in [0.2, 0.25) is 5.88 Å². The van der Waals surface area contributed by atoms with E-state index in [1.165, 1.54) is 22.4 Å². The largest absolute Gasteiger partial charge is 0.444 e. The van der Waals surface area contributed by atoms with Gasteiger partial charge in [-0.15, -0.1) is 0 Å². The molecule has 0 bridgehead atoms. The lowest BCUT2D eigenvalue weighted by Gasteiger charge is -2.47. The van der Waals surface area contributed by atoms with E-state index in [0.29, 0.717) is 16.9 Å². The highest BCUT2D eigenvalue weighted by Gasteiger charge is 2.48. The Morgan fingerprint density at radius 3 is 1.88 bits per heavy atom. The highest BCUT2D eigenvalue weighted by atomic mass is 16.4. The first-order valence-corrected chi connectivity index (χ1v) is 14.0. The molecule has 4 heteroatoms. The molecule has 8 rings (SSSR count). The normalized spacial score (nSPS) is 17.9. The SMILES string of the molecule is CC1(C)c2ccccc2N2c3oc(CC4C(=O)c5cc6ccccc6cc5C4=O)cc3C(C)(C)c3cccc1c32. The summed E-state index contributed by atoms with van der Waals surface area (Å²) in [6.45, 7) is 9.04. The molecule has 0 radical (unpaired) electrons. The Labute approximate surface area is 233 Å². The average Bonchev–Trinajstić information content (AvgIpc) is 3.47. The van der Waals surface area contributed by atoms with Crippen molar-refractivity contribution < 1.29 is 14.0 Å². The van der Waals surface area contributed by atoms with Gasteiger partial charge in [-0.05, 0) is 51.7 Å². The third-order valence-corrected chi connectivity index (χ3v) is 9.52. The van der Waals surface area contributed by atoms with Gasteiger partial charge in [0.05, 0.1) is 17.3 Å². The summed E-state index contributed by atoms with van der Waals surface area (Å²) in [7, 11) is 0. The smallest absolute Gasteiger partial charge is 0.208 e. The molecule has 40 heavy (non-hydrogen) atoms. The van der Waals surface area contributed by atoms with E-state index in [2.05, 4.69) is 81.1 Å². The molecule has 0 N–H and O–H groups in total. The minimum Gasteiger partial charge on any atom is -0.444 e. The number of carbonyl (C=O) groups is 2. The number of nitrogens with zero attached hydrogens (tertiary/aromatic N) is 1. The van der Waals surface area contributed by atoms with Crippen molar-refractivity contribution in [1.82, 2.24) is 0 Å². The molecule has 0 spiro atoms. The van der Waals surface area contributed by atoms with Gasteiger partial charge in [0.25, 0.3) is 0 Å². The first-order chi connectivity index (χ1) is 19.2. The molecule has 4 nitrogen and oxygen atoms in total. The van der Waals surface area contributed by atoms with E-state index in [-0.39, 0.29) is 28.8 Å². The van der Waals surface area contributed by atoms with Gasteiger partial charge in [0.15, 0.2) is 11.6 Å². The van der Waals surface area contributed by atoms with Gasteiger partial charge in [0.1, 0.15) is 5.76 Å². The molecular formula is C36H29NO3. The summed E-state index contributed by atoms with van der Waals surface area (Å²) in [5.74, 6) is 0.445. The zero-order valence-corrected chi connectivity index (χ0v) is 23.0. The van der Waals surface area contributed by atoms with Crippen molar-refractivity contribution in [3.05, 3.63) is 124 Å². The Bertz CT molecular complexity index is 1880. The molecule has 0 saturated carbocycles. The van der Waals surface area contributed by atoms with Gasteiger partial charge in [-0.3, -0.25) is 14.5 Å². The van der Waals surface area contributed by atoms with Crippen LogP contribution in [-0.4, -0.2) is 11.6 Å². The summed E-state index contributed by atoms with van der Waals surface area (Å²) in [6.07, 6.45) is 0.246. The van der Waals surface area contributed by atoms with Crippen LogP contribution < -0.4 is 4.90 Å². The number of furan rings is 1. The number of para-hydroxylation sites is 2. The fourth-order valence-corrected chi connectivity index (χ4v) is 7.29. The number of ketones is 2. The second kappa shape index (κ2) is 7.60. The van der Waals surface area contributed by atoms with E-state index in [0.717, 1.165) is 27.9 Å². The molecule has 0 fully saturated rings. The van der Waals surface area contributed by atoms with Gasteiger partial charge >= 0.3 is 0 Å². The minimum absolute atomic E-state index is 0.116. The second-order valence-electron chi connectivity index (χ2n) is 12.5. The lowest BCUT2D eigenvalue weighted by atomic mass is 9.67. The van der Waals surface area contributed by atoms with Crippen molar-refractivity contribution in [1.29, 1.82) is 0 Å². The van der Waals surface area contributed by atoms with Crippen molar-refractivity contribution >= 4 is 39.6 Å². The molecule has 1 aromatic heterocycles. The Morgan fingerprint density at radius 1 is 0.675 bits per heavy atom. The maximum absolute atomic E-state index is 13.5. The number of carbonyl (C=O) groups excluding carboxylic acids is 2. The van der Waals surface area contributed by atoms with Crippen molar-refractivity contribution in [3.63, 3.8) is 0 Å². The van der Waals surface area contributed by atoms with Crippen LogP contribution >= 0.6 is 0 Å². The highest BCUT2D eigenvalue weighted by Crippen LogP contribution is 2.60. The summed E-state index contributed by atoms with van der Waals surface area (Å²) in [5, 5.41) is 1.94. The lowest BCUT2D eigenvalue weighted by Crippen LogP contribution is -2.37. The van der Waals surface area contributed by atoms with E-state index in [4.69, 9.17) is 4.42 Å². The van der Waals surface area contributed by atoms with Crippen LogP contribution in [0.1, 0.15) is 76.4 Å². The highest BCUT2D eigenvalue weighted by molar-refractivity contribution is 6.27. The number of anilines is 3. The quantitative estimate of drug-likeness (QED) is 0.218. The number of Topliss-reactive ketones (excluding diaryl/α,β-unsaturated/α-hetero) is 2. The van der Waals surface area contributed by atoms with E-state index in [1.807, 2.05) is 36.4 Å². The number of hydrogen-bond acceptors (Lipinski definition) is 4. The van der Waals surface area contributed by atoms with E-state index in [1.54, 1.807) is 0 Å². The Balaban J connectivity index is 1.25. The number of hydrogen-bond donors (Lipinski definition) is 0. The van der Waals surface area contributed by atoms with E-state index >= 15 is 0 Å². The fraction of sp³-hybridized carbons (Fsp3) is 0.222. The van der Waals surface area contributed by atoms with Crippen molar-refractivity contribution in [2.75, 3.05) is 4.90 Å². The van der Waals surface area contributed by atoms with Gasteiger partial charge < -0.3 is 4.42 Å². The molecule has 196 valence electrons. The van der Waals surface area contributed by atoms with Crippen LogP contribution in [0.25, 0.3) is 10.8 Å². The molecule has 0 unspecified atom stereocenters. The van der Waals surface area contributed by atoms with Gasteiger partial charge in [-0.2, -0.15) is 0 Å². The lowest BCUT2D eigenvalue weighted by molar-refractivity contribution is 0.0833. The number of fused-ring (bicyclic) bond motifs is 6. The van der Waals surface area contributed by atoms with Gasteiger partial charge in [-0.25, -0.2) is 0 Å². The Morgan fingerprint density at radius 2 is 1.23 bits per heavy atom. The molecule has 0 amide bonds. The van der Waals surface area contributed by atoms with Crippen LogP contribution in [0.4, 0.5) is 17.3 Å². The van der Waals surface area contributed by atoms with Gasteiger partial charge in [-0.1, -0.05) is 88.4 Å². The molecule has 4 aromatic carbocycles. The van der Waals surface area contributed by atoms with Crippen LogP contribution in [0.15, 0.2) is 89.3 Å². The Kier molecular flexibility index (Phi) is 4.46.